The first kappa shape index (κ1) is 14.4. The number of amides is 1. The summed E-state index contributed by atoms with van der Waals surface area (Å²) in [6.45, 7) is 3.26. The van der Waals surface area contributed by atoms with Crippen molar-refractivity contribution in [3.8, 4) is 5.75 Å². The van der Waals surface area contributed by atoms with E-state index in [0.29, 0.717) is 5.56 Å². The van der Waals surface area contributed by atoms with E-state index in [1.807, 2.05) is 0 Å². The van der Waals surface area contributed by atoms with E-state index in [1.165, 1.54) is 19.2 Å². The Hall–Kier alpha value is -1.62. The van der Waals surface area contributed by atoms with Gasteiger partial charge >= 0.3 is 0 Å². The number of benzene rings is 1. The van der Waals surface area contributed by atoms with Crippen molar-refractivity contribution in [1.82, 2.24) is 5.32 Å². The molecule has 0 bridgehead atoms. The number of aliphatic hydroxyl groups is 1. The molecule has 2 N–H and O–H groups in total. The van der Waals surface area contributed by atoms with Crippen LogP contribution < -0.4 is 10.1 Å². The van der Waals surface area contributed by atoms with Gasteiger partial charge in [0.15, 0.2) is 11.6 Å². The molecule has 0 fully saturated rings. The van der Waals surface area contributed by atoms with Gasteiger partial charge in [0.1, 0.15) is 0 Å². The molecule has 0 aliphatic rings. The van der Waals surface area contributed by atoms with Gasteiger partial charge in [0.2, 0.25) is 5.91 Å². The summed E-state index contributed by atoms with van der Waals surface area (Å²) in [5.74, 6) is -0.613. The van der Waals surface area contributed by atoms with Gasteiger partial charge in [-0.2, -0.15) is 0 Å². The fourth-order valence-corrected chi connectivity index (χ4v) is 1.47. The summed E-state index contributed by atoms with van der Waals surface area (Å²) in [5.41, 5.74) is -0.123. The second-order valence-electron chi connectivity index (χ2n) is 4.74. The summed E-state index contributed by atoms with van der Waals surface area (Å²) in [7, 11) is 1.38. The molecule has 1 amide bonds. The van der Waals surface area contributed by atoms with Crippen molar-refractivity contribution in [2.24, 2.45) is 0 Å². The number of hydrogen-bond donors (Lipinski definition) is 2. The molecule has 0 aliphatic carbocycles. The minimum atomic E-state index is -0.678. The number of nitrogens with one attached hydrogen (secondary N) is 1. The van der Waals surface area contributed by atoms with Crippen molar-refractivity contribution in [2.45, 2.75) is 25.8 Å². The Labute approximate surface area is 106 Å². The molecule has 1 aromatic carbocycles. The van der Waals surface area contributed by atoms with Crippen LogP contribution in [0, 0.1) is 5.82 Å². The topological polar surface area (TPSA) is 58.6 Å². The van der Waals surface area contributed by atoms with Crippen LogP contribution in [-0.2, 0) is 11.2 Å². The molecular weight excluding hydrogens is 237 g/mol. The highest BCUT2D eigenvalue weighted by atomic mass is 19.1. The normalized spacial score (nSPS) is 11.2. The van der Waals surface area contributed by atoms with Gasteiger partial charge in [0, 0.05) is 0 Å². The Morgan fingerprint density at radius 1 is 1.50 bits per heavy atom. The Morgan fingerprint density at radius 3 is 2.67 bits per heavy atom. The van der Waals surface area contributed by atoms with E-state index in [1.54, 1.807) is 19.9 Å². The molecule has 18 heavy (non-hydrogen) atoms. The average Bonchev–Trinajstić information content (AvgIpc) is 2.28. The molecule has 0 spiro atoms. The van der Waals surface area contributed by atoms with Crippen molar-refractivity contribution < 1.29 is 19.0 Å². The monoisotopic (exact) mass is 255 g/mol. The van der Waals surface area contributed by atoms with Crippen molar-refractivity contribution in [2.75, 3.05) is 13.7 Å². The van der Waals surface area contributed by atoms with Gasteiger partial charge in [-0.25, -0.2) is 4.39 Å². The zero-order valence-corrected chi connectivity index (χ0v) is 10.8. The van der Waals surface area contributed by atoms with Crippen LogP contribution in [0.25, 0.3) is 0 Å². The van der Waals surface area contributed by atoms with E-state index in [0.717, 1.165) is 0 Å². The van der Waals surface area contributed by atoms with Crippen molar-refractivity contribution >= 4 is 5.91 Å². The van der Waals surface area contributed by atoms with E-state index in [9.17, 15) is 9.18 Å². The standard InChI is InChI=1S/C13H18FNO3/c1-13(2,8-16)15-12(17)7-9-4-5-11(18-3)10(14)6-9/h4-6,16H,7-8H2,1-3H3,(H,15,17). The molecule has 4 nitrogen and oxygen atoms in total. The predicted molar refractivity (Wildman–Crippen MR) is 66.0 cm³/mol. The maximum absolute atomic E-state index is 13.4. The van der Waals surface area contributed by atoms with Crippen LogP contribution in [0.2, 0.25) is 0 Å². The van der Waals surface area contributed by atoms with Gasteiger partial charge in [-0.3, -0.25) is 4.79 Å². The molecule has 0 aliphatic heterocycles. The maximum atomic E-state index is 13.4. The van der Waals surface area contributed by atoms with Crippen LogP contribution >= 0.6 is 0 Å². The van der Waals surface area contributed by atoms with Gasteiger partial charge in [0.25, 0.3) is 0 Å². The number of rotatable bonds is 5. The molecule has 100 valence electrons. The van der Waals surface area contributed by atoms with Crippen molar-refractivity contribution in [1.29, 1.82) is 0 Å². The van der Waals surface area contributed by atoms with Gasteiger partial charge < -0.3 is 15.2 Å². The molecule has 0 unspecified atom stereocenters. The van der Waals surface area contributed by atoms with Crippen LogP contribution in [-0.4, -0.2) is 30.3 Å². The fourth-order valence-electron chi connectivity index (χ4n) is 1.47. The summed E-state index contributed by atoms with van der Waals surface area (Å²) in [5, 5.41) is 11.7. The van der Waals surface area contributed by atoms with Crippen LogP contribution in [0.4, 0.5) is 4.39 Å². The lowest BCUT2D eigenvalue weighted by molar-refractivity contribution is -0.122. The molecule has 0 heterocycles. The zero-order chi connectivity index (χ0) is 13.8. The van der Waals surface area contributed by atoms with Gasteiger partial charge in [-0.1, -0.05) is 6.07 Å². The quantitative estimate of drug-likeness (QED) is 0.833. The fraction of sp³-hybridized carbons (Fsp3) is 0.462. The van der Waals surface area contributed by atoms with Crippen LogP contribution in [0.3, 0.4) is 0 Å². The molecule has 5 heteroatoms. The lowest BCUT2D eigenvalue weighted by Gasteiger charge is -2.23. The Morgan fingerprint density at radius 2 is 2.17 bits per heavy atom. The number of hydrogen-bond acceptors (Lipinski definition) is 3. The summed E-state index contributed by atoms with van der Waals surface area (Å²) >= 11 is 0. The van der Waals surface area contributed by atoms with E-state index < -0.39 is 11.4 Å². The lowest BCUT2D eigenvalue weighted by atomic mass is 10.1. The molecule has 0 atom stereocenters. The Kier molecular flexibility index (Phi) is 4.67. The Bertz CT molecular complexity index is 432. The molecule has 0 radical (unpaired) electrons. The Balaban J connectivity index is 2.68. The van der Waals surface area contributed by atoms with E-state index >= 15 is 0 Å². The lowest BCUT2D eigenvalue weighted by Crippen LogP contribution is -2.46. The highest BCUT2D eigenvalue weighted by Gasteiger charge is 2.19. The zero-order valence-electron chi connectivity index (χ0n) is 10.8. The highest BCUT2D eigenvalue weighted by molar-refractivity contribution is 5.79. The van der Waals surface area contributed by atoms with Gasteiger partial charge in [0.05, 0.1) is 25.7 Å². The first-order valence-corrected chi connectivity index (χ1v) is 5.62. The maximum Gasteiger partial charge on any atom is 0.224 e. The minimum Gasteiger partial charge on any atom is -0.494 e. The first-order valence-electron chi connectivity index (χ1n) is 5.62. The van der Waals surface area contributed by atoms with E-state index in [4.69, 9.17) is 9.84 Å². The average molecular weight is 255 g/mol. The molecule has 0 saturated carbocycles. The number of aliphatic hydroxyl groups excluding tert-OH is 1. The smallest absolute Gasteiger partial charge is 0.224 e. The number of methoxy groups -OCH3 is 1. The molecule has 1 rings (SSSR count). The van der Waals surface area contributed by atoms with Crippen LogP contribution in [0.15, 0.2) is 18.2 Å². The number of ether oxygens (including phenoxy) is 1. The number of carbonyl (C=O) groups excluding carboxylic acids is 1. The number of carbonyl (C=O) groups is 1. The highest BCUT2D eigenvalue weighted by Crippen LogP contribution is 2.18. The van der Waals surface area contributed by atoms with Gasteiger partial charge in [-0.05, 0) is 31.5 Å². The van der Waals surface area contributed by atoms with E-state index in [-0.39, 0.29) is 24.7 Å². The summed E-state index contributed by atoms with van der Waals surface area (Å²) < 4.78 is 18.2. The second-order valence-corrected chi connectivity index (χ2v) is 4.74. The second kappa shape index (κ2) is 5.82. The molecule has 0 saturated heterocycles. The third kappa shape index (κ3) is 4.00. The molecule has 1 aromatic rings. The predicted octanol–water partition coefficient (Wildman–Crippen LogP) is 1.26. The van der Waals surface area contributed by atoms with Crippen molar-refractivity contribution in [3.63, 3.8) is 0 Å². The third-order valence-electron chi connectivity index (χ3n) is 2.45. The van der Waals surface area contributed by atoms with Crippen LogP contribution in [0.1, 0.15) is 19.4 Å². The van der Waals surface area contributed by atoms with Crippen molar-refractivity contribution in [3.05, 3.63) is 29.6 Å². The minimum absolute atomic E-state index is 0.0599. The molecule has 0 aromatic heterocycles. The summed E-state index contributed by atoms with van der Waals surface area (Å²) in [4.78, 5) is 11.7. The first-order chi connectivity index (χ1) is 8.38. The summed E-state index contributed by atoms with van der Waals surface area (Å²) in [6.07, 6.45) is 0.0599. The number of halogens is 1. The molecular formula is C13H18FNO3. The summed E-state index contributed by atoms with van der Waals surface area (Å²) in [6, 6.07) is 4.38. The van der Waals surface area contributed by atoms with Crippen LogP contribution in [0.5, 0.6) is 5.75 Å². The van der Waals surface area contributed by atoms with E-state index in [2.05, 4.69) is 5.32 Å². The van der Waals surface area contributed by atoms with Gasteiger partial charge in [-0.15, -0.1) is 0 Å². The SMILES string of the molecule is COc1ccc(CC(=O)NC(C)(C)CO)cc1F. The largest absolute Gasteiger partial charge is 0.494 e. The third-order valence-corrected chi connectivity index (χ3v) is 2.45.